The third kappa shape index (κ3) is 5.67. The summed E-state index contributed by atoms with van der Waals surface area (Å²) in [5.41, 5.74) is 0. The predicted octanol–water partition coefficient (Wildman–Crippen LogP) is 0.957. The molecule has 0 N–H and O–H groups in total. The number of hydrogen-bond donors (Lipinski definition) is 0. The Bertz CT molecular complexity index is 107. The van der Waals surface area contributed by atoms with Crippen LogP contribution in [0.25, 0.3) is 0 Å². The lowest BCUT2D eigenvalue weighted by Gasteiger charge is -1.72. The molecule has 0 heterocycles. The molecular formula is C5H8OS. The van der Waals surface area contributed by atoms with E-state index in [9.17, 15) is 4.21 Å². The van der Waals surface area contributed by atoms with Gasteiger partial charge in [-0.25, -0.2) is 4.21 Å². The SMILES string of the molecule is CCCC=C=S=O. The summed E-state index contributed by atoms with van der Waals surface area (Å²) in [5.74, 6) is 0. The van der Waals surface area contributed by atoms with E-state index in [1.54, 1.807) is 6.08 Å². The maximum atomic E-state index is 9.58. The zero-order chi connectivity index (χ0) is 5.54. The third-order valence-corrected chi connectivity index (χ3v) is 0.827. The second-order valence-corrected chi connectivity index (χ2v) is 1.60. The van der Waals surface area contributed by atoms with Crippen LogP contribution in [-0.4, -0.2) is 9.23 Å². The predicted molar refractivity (Wildman–Crippen MR) is 32.6 cm³/mol. The Morgan fingerprint density at radius 2 is 2.57 bits per heavy atom. The van der Waals surface area contributed by atoms with Crippen LogP contribution >= 0.6 is 0 Å². The molecule has 2 heteroatoms. The van der Waals surface area contributed by atoms with Crippen molar-refractivity contribution in [2.45, 2.75) is 19.8 Å². The summed E-state index contributed by atoms with van der Waals surface area (Å²) in [6, 6.07) is 0. The van der Waals surface area contributed by atoms with Crippen LogP contribution in [0.5, 0.6) is 0 Å². The lowest BCUT2D eigenvalue weighted by molar-refractivity contribution is 0.701. The van der Waals surface area contributed by atoms with E-state index in [2.05, 4.69) is 11.9 Å². The molecule has 0 saturated carbocycles. The van der Waals surface area contributed by atoms with Gasteiger partial charge in [0.1, 0.15) is 11.3 Å². The van der Waals surface area contributed by atoms with Crippen LogP contribution in [0, 0.1) is 0 Å². The second kappa shape index (κ2) is 5.67. The molecule has 0 spiro atoms. The summed E-state index contributed by atoms with van der Waals surface area (Å²) in [7, 11) is 0. The summed E-state index contributed by atoms with van der Waals surface area (Å²) in [5, 5.41) is 2.49. The van der Waals surface area contributed by atoms with Gasteiger partial charge in [-0.1, -0.05) is 13.3 Å². The summed E-state index contributed by atoms with van der Waals surface area (Å²) < 4.78 is 9.58. The van der Waals surface area contributed by atoms with Crippen molar-refractivity contribution >= 4 is 16.3 Å². The Labute approximate surface area is 47.1 Å². The van der Waals surface area contributed by atoms with Gasteiger partial charge in [-0.2, -0.15) is 0 Å². The van der Waals surface area contributed by atoms with Gasteiger partial charge < -0.3 is 0 Å². The highest BCUT2D eigenvalue weighted by Crippen LogP contribution is 1.81. The number of hydrogen-bond acceptors (Lipinski definition) is 1. The van der Waals surface area contributed by atoms with Crippen LogP contribution in [0.4, 0.5) is 0 Å². The zero-order valence-electron chi connectivity index (χ0n) is 4.31. The molecule has 0 amide bonds. The van der Waals surface area contributed by atoms with Gasteiger partial charge in [0.05, 0.1) is 0 Å². The lowest BCUT2D eigenvalue weighted by Crippen LogP contribution is -1.58. The first kappa shape index (κ1) is 6.67. The molecule has 0 fully saturated rings. The minimum absolute atomic E-state index is 0.386. The minimum Gasteiger partial charge on any atom is -0.203 e. The van der Waals surface area contributed by atoms with E-state index in [0.717, 1.165) is 12.8 Å². The van der Waals surface area contributed by atoms with Crippen molar-refractivity contribution in [3.8, 4) is 0 Å². The topological polar surface area (TPSA) is 17.1 Å². The lowest BCUT2D eigenvalue weighted by atomic mass is 10.3. The van der Waals surface area contributed by atoms with Gasteiger partial charge in [0.2, 0.25) is 0 Å². The molecule has 40 valence electrons. The van der Waals surface area contributed by atoms with Crippen LogP contribution in [0.15, 0.2) is 6.08 Å². The molecule has 7 heavy (non-hydrogen) atoms. The van der Waals surface area contributed by atoms with Crippen LogP contribution in [0.2, 0.25) is 0 Å². The van der Waals surface area contributed by atoms with Crippen molar-refractivity contribution in [2.24, 2.45) is 0 Å². The van der Waals surface area contributed by atoms with Crippen LogP contribution in [0.3, 0.4) is 0 Å². The largest absolute Gasteiger partial charge is 0.203 e. The second-order valence-electron chi connectivity index (χ2n) is 1.19. The summed E-state index contributed by atoms with van der Waals surface area (Å²) in [4.78, 5) is 0. The highest BCUT2D eigenvalue weighted by atomic mass is 32.1. The number of allylic oxidation sites excluding steroid dienone is 1. The molecule has 0 atom stereocenters. The van der Waals surface area contributed by atoms with Crippen molar-refractivity contribution in [3.63, 3.8) is 0 Å². The van der Waals surface area contributed by atoms with E-state index in [0.29, 0.717) is 11.3 Å². The van der Waals surface area contributed by atoms with Gasteiger partial charge in [0, 0.05) is 0 Å². The Morgan fingerprint density at radius 1 is 1.86 bits per heavy atom. The molecule has 0 rings (SSSR count). The van der Waals surface area contributed by atoms with Gasteiger partial charge in [0.15, 0.2) is 0 Å². The van der Waals surface area contributed by atoms with E-state index in [-0.39, 0.29) is 0 Å². The van der Waals surface area contributed by atoms with Crippen molar-refractivity contribution in [1.29, 1.82) is 0 Å². The van der Waals surface area contributed by atoms with Crippen molar-refractivity contribution in [1.82, 2.24) is 0 Å². The van der Waals surface area contributed by atoms with Crippen molar-refractivity contribution < 1.29 is 4.21 Å². The summed E-state index contributed by atoms with van der Waals surface area (Å²) >= 11 is 0.386. The average Bonchev–Trinajstić information content (AvgIpc) is 1.69. The quantitative estimate of drug-likeness (QED) is 0.491. The summed E-state index contributed by atoms with van der Waals surface area (Å²) in [6.45, 7) is 2.06. The highest BCUT2D eigenvalue weighted by molar-refractivity contribution is 7.64. The van der Waals surface area contributed by atoms with Gasteiger partial charge in [-0.05, 0) is 17.5 Å². The molecule has 0 saturated heterocycles. The number of rotatable bonds is 2. The molecular weight excluding hydrogens is 108 g/mol. The molecule has 0 aliphatic rings. The van der Waals surface area contributed by atoms with Crippen LogP contribution in [0.1, 0.15) is 19.8 Å². The van der Waals surface area contributed by atoms with E-state index in [1.165, 1.54) is 0 Å². The van der Waals surface area contributed by atoms with E-state index in [4.69, 9.17) is 0 Å². The number of unbranched alkanes of at least 4 members (excludes halogenated alkanes) is 1. The van der Waals surface area contributed by atoms with Crippen molar-refractivity contribution in [2.75, 3.05) is 0 Å². The van der Waals surface area contributed by atoms with Gasteiger partial charge in [-0.15, -0.1) is 0 Å². The Morgan fingerprint density at radius 3 is 3.00 bits per heavy atom. The van der Waals surface area contributed by atoms with Gasteiger partial charge >= 0.3 is 0 Å². The average molecular weight is 116 g/mol. The molecule has 0 aliphatic carbocycles. The van der Waals surface area contributed by atoms with Crippen LogP contribution in [-0.2, 0) is 11.3 Å². The minimum atomic E-state index is 0.386. The first-order chi connectivity index (χ1) is 3.41. The maximum Gasteiger partial charge on any atom is 0.141 e. The molecule has 0 aromatic carbocycles. The van der Waals surface area contributed by atoms with E-state index in [1.807, 2.05) is 0 Å². The summed E-state index contributed by atoms with van der Waals surface area (Å²) in [6.07, 6.45) is 3.82. The van der Waals surface area contributed by atoms with E-state index >= 15 is 0 Å². The Kier molecular flexibility index (Phi) is 5.40. The first-order valence-corrected chi connectivity index (χ1v) is 3.02. The fraction of sp³-hybridized carbons (Fsp3) is 0.600. The molecule has 0 radical (unpaired) electrons. The maximum absolute atomic E-state index is 9.58. The fourth-order valence-electron chi connectivity index (χ4n) is 0.237. The third-order valence-electron chi connectivity index (χ3n) is 0.564. The smallest absolute Gasteiger partial charge is 0.141 e. The standard InChI is InChI=1S/C5H8OS/c1-2-3-4-5-7-6/h4H,2-3H2,1H3. The Hall–Kier alpha value is -0.330. The normalized spacial score (nSPS) is 7.00. The van der Waals surface area contributed by atoms with Gasteiger partial charge in [0.25, 0.3) is 0 Å². The zero-order valence-corrected chi connectivity index (χ0v) is 5.12. The molecule has 0 aliphatic heterocycles. The van der Waals surface area contributed by atoms with Crippen molar-refractivity contribution in [3.05, 3.63) is 6.08 Å². The molecule has 0 unspecified atom stereocenters. The molecule has 1 nitrogen and oxygen atoms in total. The molecule has 0 bridgehead atoms. The Balaban J connectivity index is 3.28. The monoisotopic (exact) mass is 116 g/mol. The fourth-order valence-corrected chi connectivity index (χ4v) is 0.423. The first-order valence-electron chi connectivity index (χ1n) is 2.27. The molecule has 0 aromatic rings. The van der Waals surface area contributed by atoms with Crippen LogP contribution < -0.4 is 0 Å². The highest BCUT2D eigenvalue weighted by Gasteiger charge is 1.65. The van der Waals surface area contributed by atoms with E-state index < -0.39 is 0 Å². The molecule has 0 aromatic heterocycles. The van der Waals surface area contributed by atoms with Gasteiger partial charge in [-0.3, -0.25) is 0 Å².